The molecule has 0 radical (unpaired) electrons. The highest BCUT2D eigenvalue weighted by atomic mass is 79.9. The van der Waals surface area contributed by atoms with E-state index < -0.39 is 0 Å². The third kappa shape index (κ3) is 3.92. The molecule has 0 spiro atoms. The maximum absolute atomic E-state index is 12.1. The third-order valence-electron chi connectivity index (χ3n) is 3.71. The van der Waals surface area contributed by atoms with Crippen LogP contribution in [0.25, 0.3) is 0 Å². The largest absolute Gasteiger partial charge is 0.325 e. The fourth-order valence-corrected chi connectivity index (χ4v) is 2.98. The van der Waals surface area contributed by atoms with Crippen LogP contribution in [0.4, 0.5) is 0 Å². The summed E-state index contributed by atoms with van der Waals surface area (Å²) in [5, 5.41) is 0. The third-order valence-corrected chi connectivity index (χ3v) is 4.24. The first-order valence-electron chi connectivity index (χ1n) is 6.62. The molecule has 98 valence electrons. The van der Waals surface area contributed by atoms with E-state index in [9.17, 15) is 4.79 Å². The highest BCUT2D eigenvalue weighted by molar-refractivity contribution is 9.10. The van der Waals surface area contributed by atoms with Crippen molar-refractivity contribution in [3.63, 3.8) is 0 Å². The average molecular weight is 310 g/mol. The second-order valence-corrected chi connectivity index (χ2v) is 6.36. The molecule has 1 aromatic carbocycles. The number of hydrogen-bond acceptors (Lipinski definition) is 2. The number of ketones is 1. The molecule has 0 unspecified atom stereocenters. The van der Waals surface area contributed by atoms with Crippen LogP contribution in [0, 0.1) is 0 Å². The smallest absolute Gasteiger partial charge is 0.139 e. The second-order valence-electron chi connectivity index (χ2n) is 5.44. The summed E-state index contributed by atoms with van der Waals surface area (Å²) in [6, 6.07) is 7.93. The molecule has 1 fully saturated rings. The number of benzene rings is 1. The number of Topliss-reactive ketones (excluding diaryl/α,β-unsaturated/α-hetero) is 1. The highest BCUT2D eigenvalue weighted by Crippen LogP contribution is 2.29. The van der Waals surface area contributed by atoms with E-state index in [2.05, 4.69) is 15.9 Å². The number of carbonyl (C=O) groups is 1. The van der Waals surface area contributed by atoms with Gasteiger partial charge in [0.25, 0.3) is 0 Å². The first-order valence-corrected chi connectivity index (χ1v) is 7.42. The van der Waals surface area contributed by atoms with Crippen molar-refractivity contribution in [2.75, 3.05) is 0 Å². The van der Waals surface area contributed by atoms with Crippen molar-refractivity contribution in [2.24, 2.45) is 5.73 Å². The van der Waals surface area contributed by atoms with Crippen LogP contribution in [0.2, 0.25) is 0 Å². The first-order chi connectivity index (χ1) is 8.57. The van der Waals surface area contributed by atoms with Gasteiger partial charge in [0.2, 0.25) is 0 Å². The summed E-state index contributed by atoms with van der Waals surface area (Å²) in [5.74, 6) is 0.265. The lowest BCUT2D eigenvalue weighted by Gasteiger charge is -2.32. The van der Waals surface area contributed by atoms with Gasteiger partial charge in [0.1, 0.15) is 5.78 Å². The SMILES string of the molecule is NC1(CC(=O)Cc2ccc(Br)cc2)CCCCC1. The van der Waals surface area contributed by atoms with Gasteiger partial charge in [-0.3, -0.25) is 4.79 Å². The van der Waals surface area contributed by atoms with Gasteiger partial charge in [-0.15, -0.1) is 0 Å². The molecule has 1 saturated carbocycles. The summed E-state index contributed by atoms with van der Waals surface area (Å²) in [6.07, 6.45) is 6.64. The molecule has 0 bridgehead atoms. The van der Waals surface area contributed by atoms with Gasteiger partial charge < -0.3 is 5.73 Å². The van der Waals surface area contributed by atoms with E-state index in [1.54, 1.807) is 0 Å². The molecule has 18 heavy (non-hydrogen) atoms. The molecule has 3 heteroatoms. The maximum Gasteiger partial charge on any atom is 0.139 e. The molecular weight excluding hydrogens is 290 g/mol. The fraction of sp³-hybridized carbons (Fsp3) is 0.533. The standard InChI is InChI=1S/C15H20BrNO/c16-13-6-4-12(5-7-13)10-14(18)11-15(17)8-2-1-3-9-15/h4-7H,1-3,8-11,17H2. The van der Waals surface area contributed by atoms with Crippen LogP contribution < -0.4 is 5.73 Å². The predicted molar refractivity (Wildman–Crippen MR) is 77.5 cm³/mol. The molecule has 1 aromatic rings. The van der Waals surface area contributed by atoms with Crippen LogP contribution in [0.5, 0.6) is 0 Å². The molecule has 0 heterocycles. The molecule has 1 aliphatic rings. The van der Waals surface area contributed by atoms with Crippen LogP contribution >= 0.6 is 15.9 Å². The lowest BCUT2D eigenvalue weighted by atomic mass is 9.78. The summed E-state index contributed by atoms with van der Waals surface area (Å²) < 4.78 is 1.04. The Morgan fingerprint density at radius 2 is 1.78 bits per heavy atom. The summed E-state index contributed by atoms with van der Waals surface area (Å²) in [5.41, 5.74) is 7.15. The minimum absolute atomic E-state index is 0.231. The topological polar surface area (TPSA) is 43.1 Å². The van der Waals surface area contributed by atoms with Crippen molar-refractivity contribution in [1.82, 2.24) is 0 Å². The monoisotopic (exact) mass is 309 g/mol. The normalized spacial score (nSPS) is 18.6. The van der Waals surface area contributed by atoms with Gasteiger partial charge in [-0.1, -0.05) is 47.3 Å². The summed E-state index contributed by atoms with van der Waals surface area (Å²) in [6.45, 7) is 0. The lowest BCUT2D eigenvalue weighted by Crippen LogP contribution is -2.43. The number of rotatable bonds is 4. The molecule has 0 aromatic heterocycles. The minimum atomic E-state index is -0.231. The second kappa shape index (κ2) is 5.98. The number of halogens is 1. The zero-order valence-electron chi connectivity index (χ0n) is 10.6. The van der Waals surface area contributed by atoms with Crippen molar-refractivity contribution in [1.29, 1.82) is 0 Å². The van der Waals surface area contributed by atoms with Crippen molar-refractivity contribution < 1.29 is 4.79 Å². The van der Waals surface area contributed by atoms with Gasteiger partial charge in [-0.05, 0) is 30.5 Å². The first kappa shape index (κ1) is 13.8. The molecule has 1 aliphatic carbocycles. The van der Waals surface area contributed by atoms with Crippen LogP contribution in [-0.2, 0) is 11.2 Å². The Morgan fingerprint density at radius 1 is 1.17 bits per heavy atom. The molecule has 0 atom stereocenters. The van der Waals surface area contributed by atoms with Crippen LogP contribution in [0.15, 0.2) is 28.7 Å². The highest BCUT2D eigenvalue weighted by Gasteiger charge is 2.29. The van der Waals surface area contributed by atoms with E-state index in [0.29, 0.717) is 12.8 Å². The molecule has 0 aliphatic heterocycles. The summed E-state index contributed by atoms with van der Waals surface area (Å²) in [7, 11) is 0. The lowest BCUT2D eigenvalue weighted by molar-refractivity contribution is -0.119. The maximum atomic E-state index is 12.1. The Hall–Kier alpha value is -0.670. The van der Waals surface area contributed by atoms with Crippen LogP contribution in [-0.4, -0.2) is 11.3 Å². The zero-order valence-corrected chi connectivity index (χ0v) is 12.2. The van der Waals surface area contributed by atoms with E-state index in [1.165, 1.54) is 19.3 Å². The predicted octanol–water partition coefficient (Wildman–Crippen LogP) is 3.61. The van der Waals surface area contributed by atoms with Gasteiger partial charge in [-0.25, -0.2) is 0 Å². The van der Waals surface area contributed by atoms with E-state index in [4.69, 9.17) is 5.73 Å². The molecular formula is C15H20BrNO. The van der Waals surface area contributed by atoms with E-state index in [-0.39, 0.29) is 11.3 Å². The zero-order chi connectivity index (χ0) is 13.0. The summed E-state index contributed by atoms with van der Waals surface area (Å²) in [4.78, 5) is 12.1. The number of nitrogens with two attached hydrogens (primary N) is 1. The Bertz CT molecular complexity index is 407. The Balaban J connectivity index is 1.90. The fourth-order valence-electron chi connectivity index (χ4n) is 2.72. The van der Waals surface area contributed by atoms with E-state index in [0.717, 1.165) is 22.9 Å². The van der Waals surface area contributed by atoms with Gasteiger partial charge in [0.05, 0.1) is 0 Å². The van der Waals surface area contributed by atoms with Crippen molar-refractivity contribution >= 4 is 21.7 Å². The van der Waals surface area contributed by atoms with Gasteiger partial charge in [0.15, 0.2) is 0 Å². The average Bonchev–Trinajstić information content (AvgIpc) is 2.32. The Kier molecular flexibility index (Phi) is 4.57. The van der Waals surface area contributed by atoms with Crippen molar-refractivity contribution in [2.45, 2.75) is 50.5 Å². The van der Waals surface area contributed by atoms with Gasteiger partial charge >= 0.3 is 0 Å². The van der Waals surface area contributed by atoms with Gasteiger partial charge in [0, 0.05) is 22.9 Å². The number of carbonyl (C=O) groups excluding carboxylic acids is 1. The van der Waals surface area contributed by atoms with Crippen molar-refractivity contribution in [3.05, 3.63) is 34.3 Å². The van der Waals surface area contributed by atoms with Gasteiger partial charge in [-0.2, -0.15) is 0 Å². The number of hydrogen-bond donors (Lipinski definition) is 1. The van der Waals surface area contributed by atoms with Crippen molar-refractivity contribution in [3.8, 4) is 0 Å². The molecule has 0 saturated heterocycles. The quantitative estimate of drug-likeness (QED) is 0.923. The minimum Gasteiger partial charge on any atom is -0.325 e. The molecule has 2 nitrogen and oxygen atoms in total. The van der Waals surface area contributed by atoms with Crippen LogP contribution in [0.1, 0.15) is 44.1 Å². The van der Waals surface area contributed by atoms with E-state index in [1.807, 2.05) is 24.3 Å². The van der Waals surface area contributed by atoms with Crippen LogP contribution in [0.3, 0.4) is 0 Å². The van der Waals surface area contributed by atoms with E-state index >= 15 is 0 Å². The Morgan fingerprint density at radius 3 is 2.39 bits per heavy atom. The Labute approximate surface area is 117 Å². The molecule has 2 rings (SSSR count). The summed E-state index contributed by atoms with van der Waals surface area (Å²) >= 11 is 3.39. The molecule has 0 amide bonds. The molecule has 2 N–H and O–H groups in total.